The van der Waals surface area contributed by atoms with Crippen molar-refractivity contribution in [3.8, 4) is 0 Å². The maximum absolute atomic E-state index is 5.08. The predicted octanol–water partition coefficient (Wildman–Crippen LogP) is 0.578. The van der Waals surface area contributed by atoms with E-state index in [0.29, 0.717) is 0 Å². The zero-order chi connectivity index (χ0) is 4.91. The van der Waals surface area contributed by atoms with Crippen LogP contribution >= 0.6 is 0 Å². The highest BCUT2D eigenvalue weighted by atomic mass is 16.5. The van der Waals surface area contributed by atoms with Gasteiger partial charge in [0.25, 0.3) is 0 Å². The highest BCUT2D eigenvalue weighted by molar-refractivity contribution is 5.85. The molecule has 0 radical (unpaired) electrons. The molecule has 0 aromatic carbocycles. The van der Waals surface area contributed by atoms with Crippen LogP contribution in [0.3, 0.4) is 0 Å². The van der Waals surface area contributed by atoms with E-state index in [1.165, 1.54) is 0 Å². The van der Waals surface area contributed by atoms with Crippen LogP contribution in [0.15, 0.2) is 4.99 Å². The van der Waals surface area contributed by atoms with Crippen LogP contribution in [0, 0.1) is 0 Å². The number of rotatable bonds is 0. The van der Waals surface area contributed by atoms with E-state index in [2.05, 4.69) is 11.9 Å². The Kier molecular flexibility index (Phi) is 0.348. The van der Waals surface area contributed by atoms with E-state index in [9.17, 15) is 0 Å². The van der Waals surface area contributed by atoms with Crippen LogP contribution in [-0.2, 0) is 4.74 Å². The van der Waals surface area contributed by atoms with Crippen LogP contribution in [-0.4, -0.2) is 18.0 Å². The Labute approximate surface area is 42.2 Å². The molecule has 3 rings (SSSR count). The molecule has 1 saturated heterocycles. The van der Waals surface area contributed by atoms with E-state index >= 15 is 0 Å². The summed E-state index contributed by atoms with van der Waals surface area (Å²) in [6.07, 6.45) is 1.08. The van der Waals surface area contributed by atoms with Gasteiger partial charge in [0.1, 0.15) is 12.1 Å². The summed E-state index contributed by atoms with van der Waals surface area (Å²) in [5, 5.41) is 0. The number of aliphatic imine (C=N–C) groups is 1. The molecule has 0 amide bonds. The molecule has 1 fully saturated rings. The van der Waals surface area contributed by atoms with Crippen LogP contribution < -0.4 is 0 Å². The largest absolute Gasteiger partial charge is 0.478 e. The van der Waals surface area contributed by atoms with Crippen molar-refractivity contribution in [2.75, 3.05) is 6.61 Å². The van der Waals surface area contributed by atoms with Gasteiger partial charge in [0, 0.05) is 0 Å². The molecule has 0 aromatic rings. The Morgan fingerprint density at radius 2 is 2.57 bits per heavy atom. The highest BCUT2D eigenvalue weighted by Gasteiger charge is 2.43. The lowest BCUT2D eigenvalue weighted by Crippen LogP contribution is -2.27. The van der Waals surface area contributed by atoms with Crippen LogP contribution in [0.1, 0.15) is 13.3 Å². The van der Waals surface area contributed by atoms with E-state index in [1.54, 1.807) is 0 Å². The molecule has 3 heterocycles. The van der Waals surface area contributed by atoms with Gasteiger partial charge < -0.3 is 4.74 Å². The molecule has 0 N–H and O–H groups in total. The Bertz CT molecular complexity index is 141. The van der Waals surface area contributed by atoms with Gasteiger partial charge in [-0.1, -0.05) is 0 Å². The first-order valence-corrected chi connectivity index (χ1v) is 2.50. The topological polar surface area (TPSA) is 21.6 Å². The molecule has 0 spiro atoms. The Balaban J connectivity index is 2.39. The third-order valence-electron chi connectivity index (χ3n) is 1.48. The molecule has 0 aliphatic carbocycles. The fourth-order valence-corrected chi connectivity index (χ4v) is 1.02. The van der Waals surface area contributed by atoms with Crippen molar-refractivity contribution in [2.24, 2.45) is 4.99 Å². The van der Waals surface area contributed by atoms with Crippen molar-refractivity contribution >= 4 is 5.90 Å². The number of nitrogens with zero attached hydrogens (tertiary/aromatic N) is 1. The Hall–Kier alpha value is -0.530. The molecule has 2 bridgehead atoms. The molecule has 1 atom stereocenters. The maximum atomic E-state index is 5.08. The summed E-state index contributed by atoms with van der Waals surface area (Å²) in [5.74, 6) is 0.961. The van der Waals surface area contributed by atoms with E-state index in [4.69, 9.17) is 4.74 Å². The zero-order valence-electron chi connectivity index (χ0n) is 4.27. The lowest BCUT2D eigenvalue weighted by Gasteiger charge is -2.17. The first-order valence-electron chi connectivity index (χ1n) is 2.50. The van der Waals surface area contributed by atoms with Crippen molar-refractivity contribution < 1.29 is 4.74 Å². The molecule has 0 unspecified atom stereocenters. The summed E-state index contributed by atoms with van der Waals surface area (Å²) >= 11 is 0. The molecule has 0 aromatic heterocycles. The minimum absolute atomic E-state index is 0.204. The van der Waals surface area contributed by atoms with Gasteiger partial charge in [-0.3, -0.25) is 0 Å². The van der Waals surface area contributed by atoms with Gasteiger partial charge in [-0.2, -0.15) is 0 Å². The number of hydrogen-bond acceptors (Lipinski definition) is 2. The standard InChI is InChI=1S/C5H7NO/c1-5-2-4(6-5)7-3-5/h2-3H2,1H3/t5-/m0/s1. The van der Waals surface area contributed by atoms with Crippen molar-refractivity contribution in [1.82, 2.24) is 0 Å². The number of hydrogen-bond donors (Lipinski definition) is 0. The predicted molar refractivity (Wildman–Crippen MR) is 26.4 cm³/mol. The van der Waals surface area contributed by atoms with Crippen molar-refractivity contribution in [1.29, 1.82) is 0 Å². The molecule has 3 aliphatic heterocycles. The molecular weight excluding hydrogens is 90.1 g/mol. The average molecular weight is 97.1 g/mol. The normalized spacial score (nSPS) is 44.4. The van der Waals surface area contributed by atoms with Crippen LogP contribution in [0.5, 0.6) is 0 Å². The van der Waals surface area contributed by atoms with Gasteiger partial charge in [0.2, 0.25) is 0 Å². The minimum Gasteiger partial charge on any atom is -0.478 e. The van der Waals surface area contributed by atoms with Gasteiger partial charge in [-0.05, 0) is 6.92 Å². The fraction of sp³-hybridized carbons (Fsp3) is 0.800. The lowest BCUT2D eigenvalue weighted by molar-refractivity contribution is 0.323. The Morgan fingerprint density at radius 3 is 2.71 bits per heavy atom. The molecule has 7 heavy (non-hydrogen) atoms. The van der Waals surface area contributed by atoms with Gasteiger partial charge in [0.15, 0.2) is 5.90 Å². The monoisotopic (exact) mass is 97.1 g/mol. The first kappa shape index (κ1) is 3.47. The molecular formula is C5H7NO. The molecule has 2 nitrogen and oxygen atoms in total. The maximum Gasteiger partial charge on any atom is 0.186 e. The fourth-order valence-electron chi connectivity index (χ4n) is 1.02. The second-order valence-electron chi connectivity index (χ2n) is 2.47. The summed E-state index contributed by atoms with van der Waals surface area (Å²) in [6, 6.07) is 0. The third-order valence-corrected chi connectivity index (χ3v) is 1.48. The second-order valence-corrected chi connectivity index (χ2v) is 2.47. The second kappa shape index (κ2) is 0.703. The smallest absolute Gasteiger partial charge is 0.186 e. The summed E-state index contributed by atoms with van der Waals surface area (Å²) in [4.78, 5) is 4.16. The third kappa shape index (κ3) is 0.275. The zero-order valence-corrected chi connectivity index (χ0v) is 4.27. The molecule has 38 valence electrons. The van der Waals surface area contributed by atoms with Crippen molar-refractivity contribution in [3.05, 3.63) is 0 Å². The highest BCUT2D eigenvalue weighted by Crippen LogP contribution is 2.33. The Morgan fingerprint density at radius 1 is 1.86 bits per heavy atom. The van der Waals surface area contributed by atoms with Gasteiger partial charge in [0.05, 0.1) is 6.42 Å². The summed E-state index contributed by atoms with van der Waals surface area (Å²) in [5.41, 5.74) is 0.204. The first-order chi connectivity index (χ1) is 3.29. The summed E-state index contributed by atoms with van der Waals surface area (Å²) in [6.45, 7) is 2.94. The van der Waals surface area contributed by atoms with E-state index in [-0.39, 0.29) is 5.54 Å². The van der Waals surface area contributed by atoms with Crippen LogP contribution in [0.4, 0.5) is 0 Å². The van der Waals surface area contributed by atoms with Crippen molar-refractivity contribution in [2.45, 2.75) is 18.9 Å². The number of ether oxygens (including phenoxy) is 1. The van der Waals surface area contributed by atoms with Gasteiger partial charge in [-0.25, -0.2) is 4.99 Å². The molecule has 3 aliphatic rings. The van der Waals surface area contributed by atoms with E-state index < -0.39 is 0 Å². The summed E-state index contributed by atoms with van der Waals surface area (Å²) < 4.78 is 5.08. The SMILES string of the molecule is C[C@]12COC(=N1)C2. The minimum atomic E-state index is 0.204. The van der Waals surface area contributed by atoms with Crippen molar-refractivity contribution in [3.63, 3.8) is 0 Å². The lowest BCUT2D eigenvalue weighted by atomic mass is 9.98. The van der Waals surface area contributed by atoms with Crippen LogP contribution in [0.2, 0.25) is 0 Å². The quantitative estimate of drug-likeness (QED) is 0.433. The van der Waals surface area contributed by atoms with Gasteiger partial charge in [-0.15, -0.1) is 0 Å². The summed E-state index contributed by atoms with van der Waals surface area (Å²) in [7, 11) is 0. The van der Waals surface area contributed by atoms with E-state index in [1.807, 2.05) is 0 Å². The van der Waals surface area contributed by atoms with Crippen LogP contribution in [0.25, 0.3) is 0 Å². The molecule has 2 heteroatoms. The van der Waals surface area contributed by atoms with E-state index in [0.717, 1.165) is 18.9 Å². The average Bonchev–Trinajstić information content (AvgIpc) is 1.88. The van der Waals surface area contributed by atoms with Gasteiger partial charge >= 0.3 is 0 Å². The number of fused-ring (bicyclic) bond motifs is 1. The molecule has 0 saturated carbocycles.